The van der Waals surface area contributed by atoms with Gasteiger partial charge in [0.25, 0.3) is 6.43 Å². The van der Waals surface area contributed by atoms with Gasteiger partial charge in [-0.1, -0.05) is 0 Å². The van der Waals surface area contributed by atoms with Crippen molar-refractivity contribution in [2.45, 2.75) is 6.43 Å². The lowest BCUT2D eigenvalue weighted by atomic mass is 10.2. The maximum atomic E-state index is 12.2. The zero-order chi connectivity index (χ0) is 11.6. The van der Waals surface area contributed by atoms with Gasteiger partial charge in [0.15, 0.2) is 0 Å². The van der Waals surface area contributed by atoms with Crippen molar-refractivity contribution < 1.29 is 13.7 Å². The predicted octanol–water partition coefficient (Wildman–Crippen LogP) is 1.09. The molecule has 0 bridgehead atoms. The molecule has 78 valence electrons. The molecule has 8 heteroatoms. The van der Waals surface area contributed by atoms with Crippen LogP contribution in [0.4, 0.5) is 14.6 Å². The monoisotopic (exact) mass is 215 g/mol. The van der Waals surface area contributed by atoms with E-state index in [0.717, 1.165) is 0 Å². The average molecular weight is 215 g/mol. The molecule has 0 aliphatic rings. The van der Waals surface area contributed by atoms with Crippen molar-refractivity contribution in [3.63, 3.8) is 0 Å². The van der Waals surface area contributed by atoms with Crippen molar-refractivity contribution in [1.29, 1.82) is 5.26 Å². The summed E-state index contributed by atoms with van der Waals surface area (Å²) < 4.78 is 24.4. The molecule has 1 aromatic heterocycles. The van der Waals surface area contributed by atoms with Crippen LogP contribution in [-0.2, 0) is 0 Å². The van der Waals surface area contributed by atoms with E-state index in [1.165, 1.54) is 6.07 Å². The molecule has 1 aromatic rings. The number of hydrogen-bond donors (Lipinski definition) is 1. The van der Waals surface area contributed by atoms with Gasteiger partial charge in [-0.05, 0) is 11.0 Å². The van der Waals surface area contributed by atoms with Crippen molar-refractivity contribution in [1.82, 2.24) is 4.98 Å². The van der Waals surface area contributed by atoms with Crippen LogP contribution in [0, 0.1) is 21.4 Å². The maximum Gasteiger partial charge on any atom is 0.341 e. The van der Waals surface area contributed by atoms with Gasteiger partial charge in [-0.3, -0.25) is 0 Å². The minimum Gasteiger partial charge on any atom is -0.358 e. The summed E-state index contributed by atoms with van der Waals surface area (Å²) in [6, 6.07) is 1.87. The number of halogens is 2. The highest BCUT2D eigenvalue weighted by molar-refractivity contribution is 5.44. The minimum atomic E-state index is -3.08. The van der Waals surface area contributed by atoms with Crippen LogP contribution >= 0.6 is 0 Å². The quantitative estimate of drug-likeness (QED) is 0.589. The lowest BCUT2D eigenvalue weighted by molar-refractivity contribution is -0.390. The Morgan fingerprint density at radius 3 is 2.60 bits per heavy atom. The van der Waals surface area contributed by atoms with Crippen LogP contribution in [-0.4, -0.2) is 9.91 Å². The molecule has 0 atom stereocenters. The Balaban J connectivity index is 3.51. The molecule has 0 saturated carbocycles. The number of nitrogens with zero attached hydrogens (tertiary/aromatic N) is 2. The second kappa shape index (κ2) is 3.83. The molecule has 0 saturated heterocycles. The zero-order valence-electron chi connectivity index (χ0n) is 7.03. The van der Waals surface area contributed by atoms with Gasteiger partial charge in [0, 0.05) is 0 Å². The first-order valence-electron chi connectivity index (χ1n) is 3.57. The second-order valence-corrected chi connectivity index (χ2v) is 2.49. The number of nitrogens with one attached hydrogen (secondary N) is 1. The van der Waals surface area contributed by atoms with Crippen molar-refractivity contribution in [2.75, 3.05) is 0 Å². The normalized spacial score (nSPS) is 10.0. The summed E-state index contributed by atoms with van der Waals surface area (Å²) in [6.07, 6.45) is -3.08. The van der Waals surface area contributed by atoms with E-state index >= 15 is 0 Å². The zero-order valence-corrected chi connectivity index (χ0v) is 7.03. The van der Waals surface area contributed by atoms with Crippen LogP contribution in [0.3, 0.4) is 0 Å². The second-order valence-electron chi connectivity index (χ2n) is 2.49. The lowest BCUT2D eigenvalue weighted by Crippen LogP contribution is -2.15. The number of aromatic nitrogens is 1. The molecule has 1 heterocycles. The number of hydrogen-bond acceptors (Lipinski definition) is 4. The number of nitriles is 1. The van der Waals surface area contributed by atoms with E-state index in [1.54, 1.807) is 4.98 Å². The SMILES string of the molecule is N#Cc1cc(C(F)F)c(=O)[nH]c1[N+](=O)[O-]. The summed E-state index contributed by atoms with van der Waals surface area (Å²) in [7, 11) is 0. The Labute approximate surface area is 80.9 Å². The van der Waals surface area contributed by atoms with E-state index in [4.69, 9.17) is 5.26 Å². The fraction of sp³-hybridized carbons (Fsp3) is 0.143. The first kappa shape index (κ1) is 10.8. The molecule has 0 radical (unpaired) electrons. The molecule has 0 unspecified atom stereocenters. The largest absolute Gasteiger partial charge is 0.358 e. The highest BCUT2D eigenvalue weighted by Gasteiger charge is 2.21. The molecular weight excluding hydrogens is 212 g/mol. The van der Waals surface area contributed by atoms with E-state index in [0.29, 0.717) is 6.07 Å². The van der Waals surface area contributed by atoms with Crippen LogP contribution in [0.5, 0.6) is 0 Å². The Hall–Kier alpha value is -2.30. The molecule has 0 aromatic carbocycles. The van der Waals surface area contributed by atoms with E-state index in [2.05, 4.69) is 0 Å². The fourth-order valence-corrected chi connectivity index (χ4v) is 0.928. The van der Waals surface area contributed by atoms with Crippen molar-refractivity contribution in [2.24, 2.45) is 0 Å². The molecule has 1 rings (SSSR count). The van der Waals surface area contributed by atoms with Crippen LogP contribution in [0.1, 0.15) is 17.6 Å². The number of rotatable bonds is 2. The minimum absolute atomic E-state index is 0.516. The van der Waals surface area contributed by atoms with Gasteiger partial charge in [0.05, 0.1) is 0 Å². The van der Waals surface area contributed by atoms with Crippen molar-refractivity contribution >= 4 is 5.82 Å². The summed E-state index contributed by atoms with van der Waals surface area (Å²) >= 11 is 0. The van der Waals surface area contributed by atoms with Gasteiger partial charge in [-0.2, -0.15) is 5.26 Å². The van der Waals surface area contributed by atoms with E-state index in [9.17, 15) is 23.7 Å². The number of H-pyrrole nitrogens is 1. The van der Waals surface area contributed by atoms with Crippen LogP contribution < -0.4 is 5.56 Å². The molecule has 1 N–H and O–H groups in total. The Bertz CT molecular complexity index is 503. The van der Waals surface area contributed by atoms with Gasteiger partial charge in [0.1, 0.15) is 17.2 Å². The summed E-state index contributed by atoms with van der Waals surface area (Å²) in [5, 5.41) is 18.8. The molecule has 0 spiro atoms. The molecule has 6 nitrogen and oxygen atoms in total. The van der Waals surface area contributed by atoms with Gasteiger partial charge < -0.3 is 10.1 Å². The highest BCUT2D eigenvalue weighted by Crippen LogP contribution is 2.19. The lowest BCUT2D eigenvalue weighted by Gasteiger charge is -1.99. The van der Waals surface area contributed by atoms with Gasteiger partial charge >= 0.3 is 11.4 Å². The van der Waals surface area contributed by atoms with Crippen LogP contribution in [0.15, 0.2) is 10.9 Å². The number of alkyl halides is 2. The molecule has 0 aliphatic heterocycles. The summed E-state index contributed by atoms with van der Waals surface area (Å²) in [6.45, 7) is 0. The third-order valence-electron chi connectivity index (χ3n) is 1.59. The topological polar surface area (TPSA) is 99.8 Å². The smallest absolute Gasteiger partial charge is 0.341 e. The van der Waals surface area contributed by atoms with Gasteiger partial charge in [-0.15, -0.1) is 0 Å². The molecule has 0 fully saturated rings. The first-order valence-corrected chi connectivity index (χ1v) is 3.57. The van der Waals surface area contributed by atoms with Crippen LogP contribution in [0.2, 0.25) is 0 Å². The van der Waals surface area contributed by atoms with Crippen LogP contribution in [0.25, 0.3) is 0 Å². The maximum absolute atomic E-state index is 12.2. The Morgan fingerprint density at radius 1 is 1.60 bits per heavy atom. The molecule has 0 amide bonds. The van der Waals surface area contributed by atoms with Crippen molar-refractivity contribution in [3.8, 4) is 6.07 Å². The van der Waals surface area contributed by atoms with Gasteiger partial charge in [0.2, 0.25) is 0 Å². The molecular formula is C7H3F2N3O3. The summed E-state index contributed by atoms with van der Waals surface area (Å²) in [4.78, 5) is 21.8. The Morgan fingerprint density at radius 2 is 2.20 bits per heavy atom. The molecule has 0 aliphatic carbocycles. The van der Waals surface area contributed by atoms with Gasteiger partial charge in [-0.25, -0.2) is 18.6 Å². The van der Waals surface area contributed by atoms with E-state index in [1.807, 2.05) is 0 Å². The number of pyridine rings is 1. The number of aromatic amines is 1. The Kier molecular flexibility index (Phi) is 2.75. The van der Waals surface area contributed by atoms with E-state index in [-0.39, 0.29) is 0 Å². The summed E-state index contributed by atoms with van der Waals surface area (Å²) in [5.74, 6) is -0.882. The highest BCUT2D eigenvalue weighted by atomic mass is 19.3. The average Bonchev–Trinajstić information content (AvgIpc) is 2.16. The molecule has 15 heavy (non-hydrogen) atoms. The number of nitro groups is 1. The van der Waals surface area contributed by atoms with E-state index < -0.39 is 33.9 Å². The van der Waals surface area contributed by atoms with Crippen molar-refractivity contribution in [3.05, 3.63) is 37.7 Å². The standard InChI is InChI=1S/C7H3F2N3O3/c8-5(9)4-1-3(2-10)6(12(14)15)11-7(4)13/h1,5H,(H,11,13). The third kappa shape index (κ3) is 1.96. The fourth-order valence-electron chi connectivity index (χ4n) is 0.928. The summed E-state index contributed by atoms with van der Waals surface area (Å²) in [5.41, 5.74) is -2.83. The third-order valence-corrected chi connectivity index (χ3v) is 1.59. The first-order chi connectivity index (χ1) is 6.97. The predicted molar refractivity (Wildman–Crippen MR) is 43.4 cm³/mol.